The lowest BCUT2D eigenvalue weighted by Gasteiger charge is -2.17. The van der Waals surface area contributed by atoms with Crippen LogP contribution >= 0.6 is 11.8 Å². The maximum Gasteiger partial charge on any atom is 0.210 e. The van der Waals surface area contributed by atoms with Crippen LogP contribution in [0.3, 0.4) is 0 Å². The summed E-state index contributed by atoms with van der Waals surface area (Å²) in [6.45, 7) is 8.48. The van der Waals surface area contributed by atoms with E-state index in [1.165, 1.54) is 5.56 Å². The van der Waals surface area contributed by atoms with Gasteiger partial charge in [0.2, 0.25) is 5.16 Å². The number of nitrogens with two attached hydrogens (primary N) is 1. The Balaban J connectivity index is 1.94. The molecular formula is C16H24N4S. The Hall–Kier alpha value is -1.49. The molecule has 2 N–H and O–H groups in total. The fourth-order valence-corrected chi connectivity index (χ4v) is 3.01. The van der Waals surface area contributed by atoms with E-state index in [9.17, 15) is 0 Å². The minimum absolute atomic E-state index is 0.0894. The number of hydrogen-bond donors (Lipinski definition) is 1. The van der Waals surface area contributed by atoms with Gasteiger partial charge in [-0.2, -0.15) is 0 Å². The summed E-state index contributed by atoms with van der Waals surface area (Å²) in [5.74, 6) is 6.94. The molecule has 0 amide bonds. The van der Waals surface area contributed by atoms with E-state index in [0.29, 0.717) is 5.25 Å². The van der Waals surface area contributed by atoms with Crippen LogP contribution in [-0.2, 0) is 11.8 Å². The van der Waals surface area contributed by atoms with Gasteiger partial charge in [0, 0.05) is 10.7 Å². The number of aromatic nitrogens is 3. The molecule has 1 aromatic heterocycles. The lowest BCUT2D eigenvalue weighted by molar-refractivity contribution is 0.523. The fourth-order valence-electron chi connectivity index (χ4n) is 2.12. The molecule has 2 rings (SSSR count). The van der Waals surface area contributed by atoms with E-state index in [0.717, 1.165) is 23.8 Å². The monoisotopic (exact) mass is 304 g/mol. The van der Waals surface area contributed by atoms with Gasteiger partial charge in [-0.1, -0.05) is 69.8 Å². The third-order valence-electron chi connectivity index (χ3n) is 3.32. The minimum Gasteiger partial charge on any atom is -0.336 e. The van der Waals surface area contributed by atoms with Crippen molar-refractivity contribution in [2.45, 2.75) is 56.4 Å². The van der Waals surface area contributed by atoms with Crippen LogP contribution in [0.1, 0.15) is 45.5 Å². The Kier molecular flexibility index (Phi) is 4.93. The van der Waals surface area contributed by atoms with Gasteiger partial charge in [0.1, 0.15) is 0 Å². The highest BCUT2D eigenvalue weighted by atomic mass is 32.2. The Morgan fingerprint density at radius 1 is 1.19 bits per heavy atom. The molecule has 2 aromatic rings. The van der Waals surface area contributed by atoms with Crippen LogP contribution in [0.5, 0.6) is 0 Å². The van der Waals surface area contributed by atoms with Crippen molar-refractivity contribution < 1.29 is 0 Å². The van der Waals surface area contributed by atoms with E-state index in [4.69, 9.17) is 5.84 Å². The average Bonchev–Trinajstić information content (AvgIpc) is 2.79. The Bertz CT molecular complexity index is 572. The zero-order valence-corrected chi connectivity index (χ0v) is 14.0. The normalized spacial score (nSPS) is 13.3. The van der Waals surface area contributed by atoms with Gasteiger partial charge in [0.05, 0.1) is 0 Å². The van der Waals surface area contributed by atoms with Crippen LogP contribution in [0.4, 0.5) is 0 Å². The molecule has 0 bridgehead atoms. The van der Waals surface area contributed by atoms with Crippen molar-refractivity contribution in [2.75, 3.05) is 5.84 Å². The van der Waals surface area contributed by atoms with Crippen molar-refractivity contribution in [3.63, 3.8) is 0 Å². The molecule has 0 radical (unpaired) electrons. The summed E-state index contributed by atoms with van der Waals surface area (Å²) in [4.78, 5) is 0. The highest BCUT2D eigenvalue weighted by molar-refractivity contribution is 7.99. The molecule has 0 fully saturated rings. The second-order valence-electron chi connectivity index (χ2n) is 6.38. The Morgan fingerprint density at radius 3 is 2.43 bits per heavy atom. The molecule has 0 saturated carbocycles. The van der Waals surface area contributed by atoms with Crippen LogP contribution in [0.25, 0.3) is 0 Å². The van der Waals surface area contributed by atoms with E-state index < -0.39 is 0 Å². The maximum absolute atomic E-state index is 6.12. The van der Waals surface area contributed by atoms with E-state index in [2.05, 4.69) is 62.2 Å². The molecule has 0 saturated heterocycles. The third kappa shape index (κ3) is 4.24. The number of benzene rings is 1. The molecular weight excluding hydrogens is 280 g/mol. The summed E-state index contributed by atoms with van der Waals surface area (Å²) in [5.41, 5.74) is 1.28. The zero-order chi connectivity index (χ0) is 15.5. The van der Waals surface area contributed by atoms with E-state index in [1.54, 1.807) is 16.4 Å². The summed E-state index contributed by atoms with van der Waals surface area (Å²) in [5, 5.41) is 9.69. The lowest BCUT2D eigenvalue weighted by atomic mass is 9.96. The summed E-state index contributed by atoms with van der Waals surface area (Å²) in [7, 11) is 0. The highest BCUT2D eigenvalue weighted by Crippen LogP contribution is 2.27. The van der Waals surface area contributed by atoms with Crippen LogP contribution in [0, 0.1) is 0 Å². The highest BCUT2D eigenvalue weighted by Gasteiger charge is 2.23. The summed E-state index contributed by atoms with van der Waals surface area (Å²) >= 11 is 1.69. The first-order valence-electron chi connectivity index (χ1n) is 7.29. The van der Waals surface area contributed by atoms with Gasteiger partial charge >= 0.3 is 0 Å². The Labute approximate surface area is 131 Å². The standard InChI is InChI=1S/C16H24N4S/c1-12(10-11-13-8-6-5-7-9-13)21-15-19-18-14(20(15)17)16(2,3)4/h5-9,12H,10-11,17H2,1-4H3. The number of rotatable bonds is 5. The largest absolute Gasteiger partial charge is 0.336 e. The number of nitrogens with zero attached hydrogens (tertiary/aromatic N) is 3. The first-order chi connectivity index (χ1) is 9.88. The second-order valence-corrected chi connectivity index (χ2v) is 7.78. The van der Waals surface area contributed by atoms with Crippen LogP contribution < -0.4 is 5.84 Å². The van der Waals surface area contributed by atoms with Crippen molar-refractivity contribution in [3.05, 3.63) is 41.7 Å². The zero-order valence-electron chi connectivity index (χ0n) is 13.2. The van der Waals surface area contributed by atoms with E-state index in [-0.39, 0.29) is 5.41 Å². The van der Waals surface area contributed by atoms with Gasteiger partial charge in [0.15, 0.2) is 5.82 Å². The molecule has 114 valence electrons. The van der Waals surface area contributed by atoms with Crippen LogP contribution in [-0.4, -0.2) is 20.1 Å². The molecule has 1 unspecified atom stereocenters. The molecule has 1 aromatic carbocycles. The predicted octanol–water partition coefficient (Wildman–Crippen LogP) is 3.40. The van der Waals surface area contributed by atoms with Gasteiger partial charge in [0.25, 0.3) is 0 Å². The lowest BCUT2D eigenvalue weighted by Crippen LogP contribution is -2.24. The molecule has 0 aliphatic heterocycles. The number of hydrogen-bond acceptors (Lipinski definition) is 4. The first-order valence-corrected chi connectivity index (χ1v) is 8.17. The number of thioether (sulfide) groups is 1. The molecule has 0 spiro atoms. The number of nitrogen functional groups attached to an aromatic ring is 1. The smallest absolute Gasteiger partial charge is 0.210 e. The van der Waals surface area contributed by atoms with Gasteiger partial charge in [-0.25, -0.2) is 4.68 Å². The quantitative estimate of drug-likeness (QED) is 0.679. The third-order valence-corrected chi connectivity index (χ3v) is 4.45. The fraction of sp³-hybridized carbons (Fsp3) is 0.500. The van der Waals surface area contributed by atoms with Crippen molar-refractivity contribution in [1.82, 2.24) is 14.9 Å². The summed E-state index contributed by atoms with van der Waals surface area (Å²) in [6, 6.07) is 10.5. The van der Waals surface area contributed by atoms with E-state index in [1.807, 2.05) is 6.07 Å². The first kappa shape index (κ1) is 15.9. The number of aryl methyl sites for hydroxylation is 1. The summed E-state index contributed by atoms with van der Waals surface area (Å²) < 4.78 is 1.63. The van der Waals surface area contributed by atoms with Gasteiger partial charge < -0.3 is 5.84 Å². The van der Waals surface area contributed by atoms with Crippen molar-refractivity contribution in [2.24, 2.45) is 0 Å². The molecule has 1 heterocycles. The molecule has 0 aliphatic rings. The van der Waals surface area contributed by atoms with Crippen LogP contribution in [0.15, 0.2) is 35.5 Å². The minimum atomic E-state index is -0.0894. The average molecular weight is 304 g/mol. The molecule has 0 aliphatic carbocycles. The van der Waals surface area contributed by atoms with Crippen molar-refractivity contribution >= 4 is 11.8 Å². The Morgan fingerprint density at radius 2 is 1.86 bits per heavy atom. The van der Waals surface area contributed by atoms with Gasteiger partial charge in [-0.05, 0) is 18.4 Å². The van der Waals surface area contributed by atoms with Crippen LogP contribution in [0.2, 0.25) is 0 Å². The molecule has 1 atom stereocenters. The second kappa shape index (κ2) is 6.52. The molecule has 4 nitrogen and oxygen atoms in total. The van der Waals surface area contributed by atoms with E-state index >= 15 is 0 Å². The maximum atomic E-state index is 6.12. The molecule has 5 heteroatoms. The van der Waals surface area contributed by atoms with Gasteiger partial charge in [-0.15, -0.1) is 10.2 Å². The SMILES string of the molecule is CC(CCc1ccccc1)Sc1nnc(C(C)(C)C)n1N. The predicted molar refractivity (Wildman–Crippen MR) is 89.0 cm³/mol. The topological polar surface area (TPSA) is 56.7 Å². The molecule has 21 heavy (non-hydrogen) atoms. The van der Waals surface area contributed by atoms with Gasteiger partial charge in [-0.3, -0.25) is 0 Å². The summed E-state index contributed by atoms with van der Waals surface area (Å²) in [6.07, 6.45) is 2.16. The van der Waals surface area contributed by atoms with Crippen molar-refractivity contribution in [3.8, 4) is 0 Å². The van der Waals surface area contributed by atoms with Crippen molar-refractivity contribution in [1.29, 1.82) is 0 Å².